The van der Waals surface area contributed by atoms with E-state index >= 15 is 0 Å². The predicted molar refractivity (Wildman–Crippen MR) is 100 cm³/mol. The Morgan fingerprint density at radius 3 is 2.36 bits per heavy atom. The first-order chi connectivity index (χ1) is 12.2. The van der Waals surface area contributed by atoms with Crippen LogP contribution in [0.25, 0.3) is 0 Å². The van der Waals surface area contributed by atoms with Crippen molar-refractivity contribution in [2.45, 2.75) is 70.1 Å². The van der Waals surface area contributed by atoms with Gasteiger partial charge >= 0.3 is 0 Å². The molecular weight excluding hydrogens is 310 g/mol. The fraction of sp³-hybridized carbons (Fsp3) is 0.667. The number of amides is 1. The molecule has 1 aromatic carbocycles. The molecule has 2 bridgehead atoms. The first-order valence-electron chi connectivity index (χ1n) is 10.1. The molecule has 3 aliphatic rings. The molecule has 4 heteroatoms. The number of carbonyl (C=O) groups excluding carboxylic acids is 1. The zero-order valence-corrected chi connectivity index (χ0v) is 15.2. The molecule has 0 aromatic heterocycles. The van der Waals surface area contributed by atoms with Gasteiger partial charge in [0, 0.05) is 31.6 Å². The van der Waals surface area contributed by atoms with Crippen LogP contribution >= 0.6 is 0 Å². The number of fused-ring (bicyclic) bond motifs is 2. The highest BCUT2D eigenvalue weighted by atomic mass is 16.1. The van der Waals surface area contributed by atoms with Crippen molar-refractivity contribution < 1.29 is 4.79 Å². The van der Waals surface area contributed by atoms with Gasteiger partial charge in [0.1, 0.15) is 0 Å². The van der Waals surface area contributed by atoms with Gasteiger partial charge in [0.25, 0.3) is 0 Å². The minimum absolute atomic E-state index is 0.215. The quantitative estimate of drug-likeness (QED) is 0.836. The van der Waals surface area contributed by atoms with E-state index in [9.17, 15) is 4.79 Å². The van der Waals surface area contributed by atoms with Crippen molar-refractivity contribution in [3.63, 3.8) is 0 Å². The topological polar surface area (TPSA) is 44.4 Å². The number of nitrogens with zero attached hydrogens (tertiary/aromatic N) is 1. The highest BCUT2D eigenvalue weighted by molar-refractivity contribution is 5.76. The van der Waals surface area contributed by atoms with E-state index in [2.05, 4.69) is 39.8 Å². The molecule has 136 valence electrons. The van der Waals surface area contributed by atoms with Crippen LogP contribution in [0.4, 0.5) is 0 Å². The zero-order chi connectivity index (χ0) is 17.1. The largest absolute Gasteiger partial charge is 0.352 e. The summed E-state index contributed by atoms with van der Waals surface area (Å²) in [5.74, 6) is 0.786. The van der Waals surface area contributed by atoms with Crippen molar-refractivity contribution in [2.24, 2.45) is 5.92 Å². The molecule has 1 amide bonds. The lowest BCUT2D eigenvalue weighted by atomic mass is 9.89. The summed E-state index contributed by atoms with van der Waals surface area (Å²) in [5, 5.41) is 6.77. The summed E-state index contributed by atoms with van der Waals surface area (Å²) in [7, 11) is 0. The average Bonchev–Trinajstić information content (AvgIpc) is 3.24. The Balaban J connectivity index is 1.20. The van der Waals surface area contributed by atoms with Gasteiger partial charge in [-0.3, -0.25) is 9.69 Å². The molecule has 3 fully saturated rings. The summed E-state index contributed by atoms with van der Waals surface area (Å²) in [6, 6.07) is 10.1. The molecule has 4 nitrogen and oxygen atoms in total. The normalized spacial score (nSPS) is 29.0. The van der Waals surface area contributed by atoms with Crippen LogP contribution in [0.2, 0.25) is 0 Å². The second-order valence-corrected chi connectivity index (χ2v) is 8.26. The lowest BCUT2D eigenvalue weighted by molar-refractivity contribution is -0.122. The molecule has 25 heavy (non-hydrogen) atoms. The van der Waals surface area contributed by atoms with Crippen LogP contribution in [0.15, 0.2) is 24.3 Å². The summed E-state index contributed by atoms with van der Waals surface area (Å²) in [6.45, 7) is 4.18. The van der Waals surface area contributed by atoms with E-state index in [1.165, 1.54) is 62.7 Å². The summed E-state index contributed by atoms with van der Waals surface area (Å²) in [5.41, 5.74) is 2.58. The molecule has 0 saturated carbocycles. The molecule has 0 radical (unpaired) electrons. The van der Waals surface area contributed by atoms with E-state index in [1.807, 2.05) is 0 Å². The number of nitrogens with one attached hydrogen (secondary N) is 2. The number of carbonyl (C=O) groups is 1. The third-order valence-corrected chi connectivity index (χ3v) is 6.16. The van der Waals surface area contributed by atoms with Crippen LogP contribution in [-0.2, 0) is 17.9 Å². The van der Waals surface area contributed by atoms with Crippen molar-refractivity contribution in [2.75, 3.05) is 13.1 Å². The highest BCUT2D eigenvalue weighted by Gasteiger charge is 2.34. The molecular formula is C21H31N3O. The lowest BCUT2D eigenvalue weighted by Gasteiger charge is -2.28. The number of piperidine rings is 1. The van der Waals surface area contributed by atoms with Crippen molar-refractivity contribution in [3.05, 3.63) is 35.4 Å². The number of rotatable bonds is 6. The van der Waals surface area contributed by atoms with E-state index in [1.54, 1.807) is 0 Å². The molecule has 3 aliphatic heterocycles. The average molecular weight is 341 g/mol. The Labute approximate surface area is 151 Å². The van der Waals surface area contributed by atoms with Crippen molar-refractivity contribution in [3.8, 4) is 0 Å². The molecule has 2 atom stereocenters. The van der Waals surface area contributed by atoms with Crippen LogP contribution < -0.4 is 10.6 Å². The van der Waals surface area contributed by atoms with Gasteiger partial charge in [-0.15, -0.1) is 0 Å². The van der Waals surface area contributed by atoms with Gasteiger partial charge in [-0.05, 0) is 68.7 Å². The Hall–Kier alpha value is -1.39. The third-order valence-electron chi connectivity index (χ3n) is 6.16. The molecule has 2 unspecified atom stereocenters. The van der Waals surface area contributed by atoms with Crippen LogP contribution in [0.1, 0.15) is 56.1 Å². The summed E-state index contributed by atoms with van der Waals surface area (Å²) in [6.07, 6.45) is 8.32. The number of benzene rings is 1. The second kappa shape index (κ2) is 7.88. The van der Waals surface area contributed by atoms with E-state index in [-0.39, 0.29) is 5.91 Å². The van der Waals surface area contributed by atoms with Gasteiger partial charge in [-0.2, -0.15) is 0 Å². The van der Waals surface area contributed by atoms with Crippen LogP contribution in [0, 0.1) is 5.92 Å². The van der Waals surface area contributed by atoms with Crippen molar-refractivity contribution >= 4 is 5.91 Å². The fourth-order valence-electron chi connectivity index (χ4n) is 4.84. The predicted octanol–water partition coefficient (Wildman–Crippen LogP) is 2.82. The Kier molecular flexibility index (Phi) is 5.37. The fourth-order valence-corrected chi connectivity index (χ4v) is 4.84. The Morgan fingerprint density at radius 2 is 1.68 bits per heavy atom. The highest BCUT2D eigenvalue weighted by Crippen LogP contribution is 2.32. The maximum absolute atomic E-state index is 12.3. The minimum atomic E-state index is 0.215. The lowest BCUT2D eigenvalue weighted by Crippen LogP contribution is -2.39. The van der Waals surface area contributed by atoms with Crippen LogP contribution in [-0.4, -0.2) is 36.0 Å². The monoisotopic (exact) mass is 341 g/mol. The number of likely N-dealkylation sites (tertiary alicyclic amines) is 1. The smallest absolute Gasteiger partial charge is 0.220 e. The third kappa shape index (κ3) is 4.62. The maximum atomic E-state index is 12.3. The van der Waals surface area contributed by atoms with Crippen LogP contribution in [0.5, 0.6) is 0 Å². The Bertz CT molecular complexity index is 567. The van der Waals surface area contributed by atoms with Gasteiger partial charge in [0.2, 0.25) is 5.91 Å². The minimum Gasteiger partial charge on any atom is -0.352 e. The van der Waals surface area contributed by atoms with Gasteiger partial charge in [-0.25, -0.2) is 0 Å². The van der Waals surface area contributed by atoms with Crippen molar-refractivity contribution in [1.82, 2.24) is 15.5 Å². The molecule has 3 saturated heterocycles. The summed E-state index contributed by atoms with van der Waals surface area (Å²) in [4.78, 5) is 14.8. The molecule has 0 aliphatic carbocycles. The second-order valence-electron chi connectivity index (χ2n) is 8.26. The van der Waals surface area contributed by atoms with Crippen LogP contribution in [0.3, 0.4) is 0 Å². The zero-order valence-electron chi connectivity index (χ0n) is 15.2. The molecule has 4 rings (SSSR count). The van der Waals surface area contributed by atoms with E-state index in [0.717, 1.165) is 6.54 Å². The summed E-state index contributed by atoms with van der Waals surface area (Å²) < 4.78 is 0. The van der Waals surface area contributed by atoms with Gasteiger partial charge in [-0.1, -0.05) is 24.3 Å². The van der Waals surface area contributed by atoms with E-state index in [0.29, 0.717) is 31.0 Å². The molecule has 3 heterocycles. The van der Waals surface area contributed by atoms with Crippen molar-refractivity contribution in [1.29, 1.82) is 0 Å². The Morgan fingerprint density at radius 1 is 1.04 bits per heavy atom. The van der Waals surface area contributed by atoms with E-state index < -0.39 is 0 Å². The van der Waals surface area contributed by atoms with Gasteiger partial charge < -0.3 is 10.6 Å². The molecule has 0 spiro atoms. The first-order valence-corrected chi connectivity index (χ1v) is 10.1. The van der Waals surface area contributed by atoms with Gasteiger partial charge in [0.05, 0.1) is 0 Å². The standard InChI is InChI=1S/C21H31N3O/c25-21(13-18-11-19-7-8-20(12-18)23-19)22-14-16-3-5-17(6-4-16)15-24-9-1-2-10-24/h3-6,18-20,23H,1-2,7-15H2,(H,22,25). The molecule has 2 N–H and O–H groups in total. The number of hydrogen-bond acceptors (Lipinski definition) is 3. The van der Waals surface area contributed by atoms with Gasteiger partial charge in [0.15, 0.2) is 0 Å². The van der Waals surface area contributed by atoms with E-state index in [4.69, 9.17) is 0 Å². The number of hydrogen-bond donors (Lipinski definition) is 2. The first kappa shape index (κ1) is 17.0. The SMILES string of the molecule is O=C(CC1CC2CCC(C1)N2)NCc1ccc(CN2CCCC2)cc1. The maximum Gasteiger partial charge on any atom is 0.220 e. The molecule has 1 aromatic rings. The summed E-state index contributed by atoms with van der Waals surface area (Å²) >= 11 is 0.